The van der Waals surface area contributed by atoms with Gasteiger partial charge in [-0.2, -0.15) is 0 Å². The monoisotopic (exact) mass is 811 g/mol. The van der Waals surface area contributed by atoms with E-state index in [4.69, 9.17) is 9.05 Å². The van der Waals surface area contributed by atoms with E-state index in [1.165, 1.54) is 148 Å². The zero-order valence-electron chi connectivity index (χ0n) is 37.3. The highest BCUT2D eigenvalue weighted by molar-refractivity contribution is 7.45. The molecule has 8 nitrogen and oxygen atoms in total. The van der Waals surface area contributed by atoms with Crippen molar-refractivity contribution < 1.29 is 32.9 Å². The van der Waals surface area contributed by atoms with Gasteiger partial charge in [0.2, 0.25) is 5.91 Å². The first kappa shape index (κ1) is 54.7. The number of nitrogens with zero attached hydrogens (tertiary/aromatic N) is 1. The molecule has 0 aliphatic carbocycles. The number of phosphoric ester groups is 1. The summed E-state index contributed by atoms with van der Waals surface area (Å²) in [4.78, 5) is 24.6. The lowest BCUT2D eigenvalue weighted by Crippen LogP contribution is -2.45. The number of hydrogen-bond acceptors (Lipinski definition) is 6. The molecule has 0 aromatic carbocycles. The highest BCUT2D eigenvalue weighted by atomic mass is 31.2. The second kappa shape index (κ2) is 39.2. The molecule has 0 spiro atoms. The zero-order chi connectivity index (χ0) is 41.4. The third-order valence-electron chi connectivity index (χ3n) is 10.3. The molecule has 0 fully saturated rings. The third-order valence-corrected chi connectivity index (χ3v) is 11.3. The predicted octanol–water partition coefficient (Wildman–Crippen LogP) is 12.5. The van der Waals surface area contributed by atoms with Gasteiger partial charge >= 0.3 is 0 Å². The number of likely N-dealkylation sites (N-methyl/N-ethyl adjacent to an activating group) is 1. The number of carbonyl (C=O) groups excluding carboxylic acids is 1. The highest BCUT2D eigenvalue weighted by Crippen LogP contribution is 2.38. The maximum absolute atomic E-state index is 12.3. The van der Waals surface area contributed by atoms with Crippen LogP contribution in [0.2, 0.25) is 0 Å². The van der Waals surface area contributed by atoms with Crippen molar-refractivity contribution in [3.63, 3.8) is 0 Å². The number of nitrogens with one attached hydrogen (secondary N) is 1. The maximum atomic E-state index is 12.3. The zero-order valence-corrected chi connectivity index (χ0v) is 38.2. The fourth-order valence-electron chi connectivity index (χ4n) is 6.57. The first-order valence-corrected chi connectivity index (χ1v) is 24.8. The van der Waals surface area contributed by atoms with Crippen molar-refractivity contribution in [1.29, 1.82) is 0 Å². The second-order valence-electron chi connectivity index (χ2n) is 17.1. The minimum absolute atomic E-state index is 0.0102. The molecule has 0 aliphatic rings. The molecular formula is C47H91N2O6P. The second-order valence-corrected chi connectivity index (χ2v) is 18.5. The van der Waals surface area contributed by atoms with E-state index in [0.29, 0.717) is 23.9 Å². The van der Waals surface area contributed by atoms with E-state index in [2.05, 4.69) is 36.5 Å². The maximum Gasteiger partial charge on any atom is 0.268 e. The Hall–Kier alpha value is -1.28. The standard InChI is InChI=1S/C47H91N2O6P/c1-6-8-10-11-12-13-14-15-16-17-18-19-20-21-22-23-24-25-26-27-28-29-30-31-32-33-34-35-36-37-38-39-40-46(50)45(48-47(51)41-9-7-2)44-55-56(52,53)54-43-42-49(3,4)5/h31-32,35-36,39-40,45-46,50H,6-30,33-34,37-38,41-44H2,1-5H3,(H-,48,51,52,53)/b32-31+,36-35+,40-39+. The van der Waals surface area contributed by atoms with Crippen molar-refractivity contribution in [2.75, 3.05) is 40.9 Å². The third kappa shape index (κ3) is 40.9. The molecule has 3 unspecified atom stereocenters. The first-order valence-electron chi connectivity index (χ1n) is 23.4. The Labute approximate surface area is 347 Å². The highest BCUT2D eigenvalue weighted by Gasteiger charge is 2.23. The number of aliphatic hydroxyl groups excluding tert-OH is 1. The van der Waals surface area contributed by atoms with Crippen LogP contribution >= 0.6 is 7.82 Å². The van der Waals surface area contributed by atoms with Crippen LogP contribution in [0.4, 0.5) is 0 Å². The molecule has 0 aromatic rings. The molecule has 0 aromatic heterocycles. The lowest BCUT2D eigenvalue weighted by Gasteiger charge is -2.29. The van der Waals surface area contributed by atoms with Gasteiger partial charge in [-0.15, -0.1) is 0 Å². The lowest BCUT2D eigenvalue weighted by atomic mass is 10.0. The quantitative estimate of drug-likeness (QED) is 0.0275. The van der Waals surface area contributed by atoms with Crippen LogP contribution < -0.4 is 10.2 Å². The fourth-order valence-corrected chi connectivity index (χ4v) is 7.30. The Balaban J connectivity index is 3.86. The molecule has 1 amide bonds. The Morgan fingerprint density at radius 2 is 1.00 bits per heavy atom. The number of quaternary nitrogens is 1. The van der Waals surface area contributed by atoms with Gasteiger partial charge in [-0.3, -0.25) is 9.36 Å². The van der Waals surface area contributed by atoms with Gasteiger partial charge in [-0.1, -0.05) is 192 Å². The largest absolute Gasteiger partial charge is 0.756 e. The van der Waals surface area contributed by atoms with Gasteiger partial charge in [0.1, 0.15) is 13.2 Å². The molecule has 3 atom stereocenters. The van der Waals surface area contributed by atoms with Crippen molar-refractivity contribution in [3.8, 4) is 0 Å². The normalized spacial score (nSPS) is 14.6. The van der Waals surface area contributed by atoms with Gasteiger partial charge in [0.15, 0.2) is 0 Å². The molecule has 0 saturated heterocycles. The predicted molar refractivity (Wildman–Crippen MR) is 238 cm³/mol. The Bertz CT molecular complexity index is 1010. The van der Waals surface area contributed by atoms with Crippen LogP contribution in [0.25, 0.3) is 0 Å². The van der Waals surface area contributed by atoms with Gasteiger partial charge in [0, 0.05) is 6.42 Å². The number of phosphoric acid groups is 1. The summed E-state index contributed by atoms with van der Waals surface area (Å²) in [7, 11) is 1.23. The molecule has 330 valence electrons. The smallest absolute Gasteiger partial charge is 0.268 e. The summed E-state index contributed by atoms with van der Waals surface area (Å²) in [6, 6.07) is -0.902. The molecule has 0 aliphatic heterocycles. The molecule has 56 heavy (non-hydrogen) atoms. The van der Waals surface area contributed by atoms with Gasteiger partial charge in [0.25, 0.3) is 7.82 Å². The van der Waals surface area contributed by atoms with E-state index >= 15 is 0 Å². The topological polar surface area (TPSA) is 108 Å². The van der Waals surface area contributed by atoms with Crippen LogP contribution in [-0.4, -0.2) is 68.5 Å². The minimum Gasteiger partial charge on any atom is -0.756 e. The van der Waals surface area contributed by atoms with E-state index in [1.54, 1.807) is 6.08 Å². The van der Waals surface area contributed by atoms with Crippen LogP contribution in [0.3, 0.4) is 0 Å². The average Bonchev–Trinajstić information content (AvgIpc) is 3.15. The molecular weight excluding hydrogens is 719 g/mol. The van der Waals surface area contributed by atoms with Crippen LogP contribution in [0.15, 0.2) is 36.5 Å². The number of rotatable bonds is 42. The van der Waals surface area contributed by atoms with E-state index < -0.39 is 26.6 Å². The summed E-state index contributed by atoms with van der Waals surface area (Å²) in [6.07, 6.45) is 49.3. The van der Waals surface area contributed by atoms with Gasteiger partial charge < -0.3 is 28.8 Å². The number of carbonyl (C=O) groups is 1. The van der Waals surface area contributed by atoms with E-state index in [0.717, 1.165) is 32.1 Å². The number of amides is 1. The fraction of sp³-hybridized carbons (Fsp3) is 0.851. The summed E-state index contributed by atoms with van der Waals surface area (Å²) in [6.45, 7) is 4.36. The van der Waals surface area contributed by atoms with Crippen molar-refractivity contribution in [1.82, 2.24) is 5.32 Å². The van der Waals surface area contributed by atoms with Crippen molar-refractivity contribution in [3.05, 3.63) is 36.5 Å². The van der Waals surface area contributed by atoms with Crippen LogP contribution in [0, 0.1) is 0 Å². The molecule has 0 radical (unpaired) electrons. The summed E-state index contributed by atoms with van der Waals surface area (Å²) in [5, 5.41) is 13.5. The van der Waals surface area contributed by atoms with E-state index in [9.17, 15) is 19.4 Å². The average molecular weight is 811 g/mol. The summed E-state index contributed by atoms with van der Waals surface area (Å²) in [5.74, 6) is -0.248. The van der Waals surface area contributed by atoms with Crippen molar-refractivity contribution >= 4 is 13.7 Å². The Morgan fingerprint density at radius 1 is 0.607 bits per heavy atom. The van der Waals surface area contributed by atoms with Gasteiger partial charge in [0.05, 0.1) is 39.9 Å². The van der Waals surface area contributed by atoms with Crippen molar-refractivity contribution in [2.45, 2.75) is 219 Å². The lowest BCUT2D eigenvalue weighted by molar-refractivity contribution is -0.870. The van der Waals surface area contributed by atoms with Crippen LogP contribution in [-0.2, 0) is 18.4 Å². The summed E-state index contributed by atoms with van der Waals surface area (Å²) >= 11 is 0. The van der Waals surface area contributed by atoms with Crippen molar-refractivity contribution in [2.24, 2.45) is 0 Å². The number of aliphatic hydroxyl groups is 1. The SMILES string of the molecule is CCCCCCCCCCCCCCCCCCCCCCCC/C=C/CC/C=C/CC/C=C/C(O)C(COP(=O)([O-])OCC[N+](C)(C)C)NC(=O)CCCC. The molecule has 0 rings (SSSR count). The minimum atomic E-state index is -4.57. The number of unbranched alkanes of at least 4 members (excludes halogenated alkanes) is 25. The van der Waals surface area contributed by atoms with Gasteiger partial charge in [-0.05, 0) is 44.9 Å². The molecule has 9 heteroatoms. The van der Waals surface area contributed by atoms with Gasteiger partial charge in [-0.25, -0.2) is 0 Å². The van der Waals surface area contributed by atoms with E-state index in [1.807, 2.05) is 34.1 Å². The Morgan fingerprint density at radius 3 is 1.43 bits per heavy atom. The molecule has 0 saturated carbocycles. The summed E-state index contributed by atoms with van der Waals surface area (Å²) < 4.78 is 22.8. The summed E-state index contributed by atoms with van der Waals surface area (Å²) in [5.41, 5.74) is 0. The van der Waals surface area contributed by atoms with Crippen LogP contribution in [0.1, 0.15) is 206 Å². The van der Waals surface area contributed by atoms with E-state index in [-0.39, 0.29) is 12.5 Å². The number of hydrogen-bond donors (Lipinski definition) is 2. The van der Waals surface area contributed by atoms with Crippen LogP contribution in [0.5, 0.6) is 0 Å². The number of allylic oxidation sites excluding steroid dienone is 5. The molecule has 0 bridgehead atoms. The first-order chi connectivity index (χ1) is 27.0. The Kier molecular flexibility index (Phi) is 38.3. The molecule has 0 heterocycles. The molecule has 2 N–H and O–H groups in total.